The van der Waals surface area contributed by atoms with Crippen molar-refractivity contribution in [3.63, 3.8) is 0 Å². The Hall–Kier alpha value is -2.96. The van der Waals surface area contributed by atoms with Gasteiger partial charge in [-0.15, -0.1) is 0 Å². The van der Waals surface area contributed by atoms with Gasteiger partial charge < -0.3 is 14.7 Å². The highest BCUT2D eigenvalue weighted by atomic mass is 19.1. The number of carbonyl (C=O) groups is 2. The highest BCUT2D eigenvalue weighted by molar-refractivity contribution is 5.94. The van der Waals surface area contributed by atoms with Crippen LogP contribution < -0.4 is 4.90 Å². The van der Waals surface area contributed by atoms with Gasteiger partial charge >= 0.3 is 0 Å². The van der Waals surface area contributed by atoms with E-state index in [1.165, 1.54) is 11.0 Å². The summed E-state index contributed by atoms with van der Waals surface area (Å²) in [4.78, 5) is 30.6. The molecule has 1 heterocycles. The van der Waals surface area contributed by atoms with E-state index in [0.717, 1.165) is 17.3 Å². The number of anilines is 1. The number of carbonyl (C=O) groups excluding carboxylic acids is 2. The smallest absolute Gasteiger partial charge is 0.256 e. The molecule has 2 amide bonds. The Morgan fingerprint density at radius 3 is 2.20 bits per heavy atom. The average Bonchev–Trinajstić information content (AvgIpc) is 2.73. The van der Waals surface area contributed by atoms with Crippen molar-refractivity contribution < 1.29 is 18.4 Å². The Morgan fingerprint density at radius 2 is 1.63 bits per heavy atom. The monoisotopic (exact) mass is 415 g/mol. The molecule has 0 saturated carbocycles. The van der Waals surface area contributed by atoms with Crippen molar-refractivity contribution in [1.82, 2.24) is 9.80 Å². The average molecular weight is 415 g/mol. The van der Waals surface area contributed by atoms with Crippen LogP contribution in [0.4, 0.5) is 14.5 Å². The van der Waals surface area contributed by atoms with Crippen molar-refractivity contribution in [2.45, 2.75) is 19.4 Å². The maximum absolute atomic E-state index is 13.9. The third kappa shape index (κ3) is 4.96. The van der Waals surface area contributed by atoms with Gasteiger partial charge in [0.25, 0.3) is 5.91 Å². The first kappa shape index (κ1) is 21.7. The standard InChI is InChI=1S/C23H27F2N3O2/c1-26(2)19-7-4-16(5-8-19)15-27(3)22(29)17-10-12-28(13-11-17)23(30)20-9-6-18(24)14-21(20)25/h4-9,14,17H,10-13,15H2,1-3H3. The molecular weight excluding hydrogens is 388 g/mol. The second kappa shape index (κ2) is 9.24. The Kier molecular flexibility index (Phi) is 6.70. The summed E-state index contributed by atoms with van der Waals surface area (Å²) in [5, 5.41) is 0. The molecule has 0 atom stereocenters. The van der Waals surface area contributed by atoms with Crippen LogP contribution in [0.5, 0.6) is 0 Å². The molecule has 5 nitrogen and oxygen atoms in total. The number of hydrogen-bond donors (Lipinski definition) is 0. The number of piperidine rings is 1. The van der Waals surface area contributed by atoms with E-state index in [2.05, 4.69) is 0 Å². The van der Waals surface area contributed by atoms with Gasteiger partial charge in [-0.3, -0.25) is 9.59 Å². The fraction of sp³-hybridized carbons (Fsp3) is 0.391. The highest BCUT2D eigenvalue weighted by Crippen LogP contribution is 2.23. The number of nitrogens with zero attached hydrogens (tertiary/aromatic N) is 3. The van der Waals surface area contributed by atoms with Crippen LogP contribution in [0.3, 0.4) is 0 Å². The zero-order chi connectivity index (χ0) is 21.8. The summed E-state index contributed by atoms with van der Waals surface area (Å²) in [5.74, 6) is -2.16. The second-order valence-electron chi connectivity index (χ2n) is 7.95. The maximum atomic E-state index is 13.9. The normalized spacial score (nSPS) is 14.5. The largest absolute Gasteiger partial charge is 0.378 e. The maximum Gasteiger partial charge on any atom is 0.256 e. The summed E-state index contributed by atoms with van der Waals surface area (Å²) in [7, 11) is 5.74. The molecule has 0 unspecified atom stereocenters. The molecule has 2 aromatic carbocycles. The van der Waals surface area contributed by atoms with Crippen molar-refractivity contribution in [3.05, 3.63) is 65.2 Å². The predicted molar refractivity (Wildman–Crippen MR) is 112 cm³/mol. The molecule has 1 aliphatic heterocycles. The number of halogens is 2. The lowest BCUT2D eigenvalue weighted by Crippen LogP contribution is -2.43. The van der Waals surface area contributed by atoms with Crippen LogP contribution in [0.1, 0.15) is 28.8 Å². The van der Waals surface area contributed by atoms with Gasteiger partial charge in [-0.2, -0.15) is 0 Å². The minimum atomic E-state index is -0.863. The molecule has 2 aromatic rings. The molecule has 0 aliphatic carbocycles. The third-order valence-electron chi connectivity index (χ3n) is 5.54. The molecular formula is C23H27F2N3O2. The molecule has 0 aromatic heterocycles. The van der Waals surface area contributed by atoms with E-state index in [-0.39, 0.29) is 17.4 Å². The number of rotatable bonds is 5. The summed E-state index contributed by atoms with van der Waals surface area (Å²) < 4.78 is 27.0. The molecule has 3 rings (SSSR count). The lowest BCUT2D eigenvalue weighted by atomic mass is 9.94. The Balaban J connectivity index is 1.54. The van der Waals surface area contributed by atoms with Gasteiger partial charge in [-0.1, -0.05) is 12.1 Å². The second-order valence-corrected chi connectivity index (χ2v) is 7.95. The fourth-order valence-corrected chi connectivity index (χ4v) is 3.73. The third-order valence-corrected chi connectivity index (χ3v) is 5.54. The number of benzene rings is 2. The minimum Gasteiger partial charge on any atom is -0.378 e. The first-order valence-corrected chi connectivity index (χ1v) is 10.0. The van der Waals surface area contributed by atoms with Crippen molar-refractivity contribution in [2.75, 3.05) is 39.1 Å². The first-order valence-electron chi connectivity index (χ1n) is 10.0. The van der Waals surface area contributed by atoms with E-state index < -0.39 is 17.5 Å². The van der Waals surface area contributed by atoms with Crippen LogP contribution >= 0.6 is 0 Å². The quantitative estimate of drug-likeness (QED) is 0.750. The van der Waals surface area contributed by atoms with Crippen LogP contribution in [0, 0.1) is 17.6 Å². The van der Waals surface area contributed by atoms with Crippen LogP contribution in [-0.2, 0) is 11.3 Å². The van der Waals surface area contributed by atoms with E-state index in [0.29, 0.717) is 38.5 Å². The minimum absolute atomic E-state index is 0.0479. The number of hydrogen-bond acceptors (Lipinski definition) is 3. The summed E-state index contributed by atoms with van der Waals surface area (Å²) in [5.41, 5.74) is 2.01. The Morgan fingerprint density at radius 1 is 1.00 bits per heavy atom. The molecule has 0 bridgehead atoms. The van der Waals surface area contributed by atoms with Crippen LogP contribution in [0.2, 0.25) is 0 Å². The number of likely N-dealkylation sites (tertiary alicyclic amines) is 1. The number of amides is 2. The molecule has 0 spiro atoms. The molecule has 30 heavy (non-hydrogen) atoms. The van der Waals surface area contributed by atoms with Crippen molar-refractivity contribution in [1.29, 1.82) is 0 Å². The molecule has 1 fully saturated rings. The van der Waals surface area contributed by atoms with E-state index in [4.69, 9.17) is 0 Å². The van der Waals surface area contributed by atoms with Crippen molar-refractivity contribution >= 4 is 17.5 Å². The Labute approximate surface area is 175 Å². The predicted octanol–water partition coefficient (Wildman–Crippen LogP) is 3.54. The molecule has 0 N–H and O–H groups in total. The lowest BCUT2D eigenvalue weighted by molar-refractivity contribution is -0.136. The highest BCUT2D eigenvalue weighted by Gasteiger charge is 2.30. The van der Waals surface area contributed by atoms with Gasteiger partial charge in [-0.25, -0.2) is 8.78 Å². The molecule has 0 radical (unpaired) electrons. The SMILES string of the molecule is CN(Cc1ccc(N(C)C)cc1)C(=O)C1CCN(C(=O)c2ccc(F)cc2F)CC1. The first-order chi connectivity index (χ1) is 14.3. The van der Waals surface area contributed by atoms with Gasteiger partial charge in [0.2, 0.25) is 5.91 Å². The van der Waals surface area contributed by atoms with Crippen LogP contribution in [-0.4, -0.2) is 55.8 Å². The van der Waals surface area contributed by atoms with Gasteiger partial charge in [0, 0.05) is 58.4 Å². The Bertz CT molecular complexity index is 907. The van der Waals surface area contributed by atoms with Gasteiger partial charge in [-0.05, 0) is 42.7 Å². The fourth-order valence-electron chi connectivity index (χ4n) is 3.73. The van der Waals surface area contributed by atoms with E-state index in [9.17, 15) is 18.4 Å². The molecule has 1 aliphatic rings. The molecule has 1 saturated heterocycles. The van der Waals surface area contributed by atoms with E-state index >= 15 is 0 Å². The summed E-state index contributed by atoms with van der Waals surface area (Å²) >= 11 is 0. The summed E-state index contributed by atoms with van der Waals surface area (Å²) in [6, 6.07) is 11.0. The van der Waals surface area contributed by atoms with Gasteiger partial charge in [0.15, 0.2) is 0 Å². The zero-order valence-corrected chi connectivity index (χ0v) is 17.6. The van der Waals surface area contributed by atoms with Crippen molar-refractivity contribution in [3.8, 4) is 0 Å². The van der Waals surface area contributed by atoms with Crippen LogP contribution in [0.15, 0.2) is 42.5 Å². The van der Waals surface area contributed by atoms with Crippen LogP contribution in [0.25, 0.3) is 0 Å². The van der Waals surface area contributed by atoms with E-state index in [1.54, 1.807) is 11.9 Å². The molecule has 160 valence electrons. The summed E-state index contributed by atoms with van der Waals surface area (Å²) in [6.45, 7) is 1.27. The van der Waals surface area contributed by atoms with Gasteiger partial charge in [0.05, 0.1) is 5.56 Å². The molecule has 7 heteroatoms. The van der Waals surface area contributed by atoms with Crippen molar-refractivity contribution in [2.24, 2.45) is 5.92 Å². The van der Waals surface area contributed by atoms with E-state index in [1.807, 2.05) is 43.3 Å². The summed E-state index contributed by atoms with van der Waals surface area (Å²) in [6.07, 6.45) is 1.05. The topological polar surface area (TPSA) is 43.9 Å². The van der Waals surface area contributed by atoms with Gasteiger partial charge in [0.1, 0.15) is 11.6 Å². The lowest BCUT2D eigenvalue weighted by Gasteiger charge is -2.33. The zero-order valence-electron chi connectivity index (χ0n) is 17.6.